The minimum Gasteiger partial charge on any atom is -0.337 e. The van der Waals surface area contributed by atoms with Gasteiger partial charge in [-0.15, -0.1) is 0 Å². The van der Waals surface area contributed by atoms with E-state index in [-0.39, 0.29) is 11.8 Å². The Morgan fingerprint density at radius 1 is 1.21 bits per heavy atom. The molecule has 3 rings (SSSR count). The third-order valence-corrected chi connectivity index (χ3v) is 4.17. The molecule has 1 saturated heterocycles. The fourth-order valence-electron chi connectivity index (χ4n) is 2.91. The number of nitrogens with one attached hydrogen (secondary N) is 1. The molecule has 0 aromatic carbocycles. The van der Waals surface area contributed by atoms with Gasteiger partial charge in [-0.05, 0) is 18.9 Å². The average Bonchev–Trinajstić information content (AvgIpc) is 2.80. The van der Waals surface area contributed by atoms with Crippen molar-refractivity contribution in [2.24, 2.45) is 7.05 Å². The maximum absolute atomic E-state index is 12.6. The largest absolute Gasteiger partial charge is 0.337 e. The van der Waals surface area contributed by atoms with Crippen LogP contribution in [0.3, 0.4) is 0 Å². The molecule has 3 heterocycles. The van der Waals surface area contributed by atoms with Gasteiger partial charge in [0.05, 0.1) is 16.8 Å². The second-order valence-corrected chi connectivity index (χ2v) is 6.45. The summed E-state index contributed by atoms with van der Waals surface area (Å²) in [6.45, 7) is 7.47. The minimum atomic E-state index is 0.000481. The number of amides is 1. The molecule has 0 unspecified atom stereocenters. The first-order chi connectivity index (χ1) is 11.6. The molecule has 1 aliphatic heterocycles. The summed E-state index contributed by atoms with van der Waals surface area (Å²) < 4.78 is 1.78. The van der Waals surface area contributed by atoms with Crippen molar-refractivity contribution in [1.82, 2.24) is 30.0 Å². The smallest absolute Gasteiger partial charge is 0.257 e. The van der Waals surface area contributed by atoms with Crippen molar-refractivity contribution in [1.29, 1.82) is 0 Å². The van der Waals surface area contributed by atoms with Crippen molar-refractivity contribution in [3.8, 4) is 11.4 Å². The molecule has 7 nitrogen and oxygen atoms in total. The van der Waals surface area contributed by atoms with E-state index in [0.29, 0.717) is 11.4 Å². The van der Waals surface area contributed by atoms with Crippen molar-refractivity contribution in [3.05, 3.63) is 29.8 Å². The van der Waals surface area contributed by atoms with Gasteiger partial charge in [0, 0.05) is 45.3 Å². The molecule has 1 N–H and O–H groups in total. The minimum absolute atomic E-state index is 0.000481. The number of nitrogens with zero attached hydrogens (tertiary/aromatic N) is 5. The lowest BCUT2D eigenvalue weighted by atomic mass is 10.1. The zero-order chi connectivity index (χ0) is 17.1. The molecule has 0 aliphatic carbocycles. The molecule has 7 heteroatoms. The molecule has 1 amide bonds. The molecule has 0 radical (unpaired) electrons. The lowest BCUT2D eigenvalue weighted by Crippen LogP contribution is -2.34. The molecule has 1 fully saturated rings. The average molecular weight is 328 g/mol. The lowest BCUT2D eigenvalue weighted by molar-refractivity contribution is 0.0765. The maximum atomic E-state index is 12.6. The van der Waals surface area contributed by atoms with Gasteiger partial charge in [-0.1, -0.05) is 13.8 Å². The Hall–Kier alpha value is -2.28. The Morgan fingerprint density at radius 2 is 1.96 bits per heavy atom. The summed E-state index contributed by atoms with van der Waals surface area (Å²) in [6, 6.07) is 0. The molecule has 2 aromatic heterocycles. The number of hydrogen-bond acceptors (Lipinski definition) is 5. The van der Waals surface area contributed by atoms with Gasteiger partial charge in [0.1, 0.15) is 0 Å². The number of aromatic nitrogens is 4. The second kappa shape index (κ2) is 7.09. The van der Waals surface area contributed by atoms with Gasteiger partial charge in [0.25, 0.3) is 5.91 Å². The third kappa shape index (κ3) is 3.46. The molecule has 0 saturated carbocycles. The van der Waals surface area contributed by atoms with Crippen LogP contribution in [0.25, 0.3) is 11.4 Å². The zero-order valence-corrected chi connectivity index (χ0v) is 14.5. The Morgan fingerprint density at radius 3 is 2.67 bits per heavy atom. The summed E-state index contributed by atoms with van der Waals surface area (Å²) in [6.07, 6.45) is 6.14. The highest BCUT2D eigenvalue weighted by Crippen LogP contribution is 2.25. The summed E-state index contributed by atoms with van der Waals surface area (Å²) in [4.78, 5) is 23.3. The van der Waals surface area contributed by atoms with E-state index in [1.807, 2.05) is 18.1 Å². The van der Waals surface area contributed by atoms with Crippen molar-refractivity contribution >= 4 is 5.91 Å². The highest BCUT2D eigenvalue weighted by molar-refractivity contribution is 5.93. The van der Waals surface area contributed by atoms with E-state index in [2.05, 4.69) is 34.2 Å². The van der Waals surface area contributed by atoms with E-state index in [9.17, 15) is 4.79 Å². The maximum Gasteiger partial charge on any atom is 0.257 e. The molecular weight excluding hydrogens is 304 g/mol. The van der Waals surface area contributed by atoms with Gasteiger partial charge in [-0.2, -0.15) is 5.10 Å². The SMILES string of the molecule is CC(C)c1nn(C)cc1-c1ncc(C(=O)N2CCCNCC2)cn1. The van der Waals surface area contributed by atoms with Crippen LogP contribution in [0.15, 0.2) is 18.6 Å². The predicted molar refractivity (Wildman–Crippen MR) is 91.7 cm³/mol. The Kier molecular flexibility index (Phi) is 4.89. The fraction of sp³-hybridized carbons (Fsp3) is 0.529. The van der Waals surface area contributed by atoms with Crippen molar-refractivity contribution in [2.45, 2.75) is 26.2 Å². The van der Waals surface area contributed by atoms with Crippen molar-refractivity contribution < 1.29 is 4.79 Å². The number of aryl methyl sites for hydroxylation is 1. The van der Waals surface area contributed by atoms with E-state index in [0.717, 1.165) is 43.9 Å². The third-order valence-electron chi connectivity index (χ3n) is 4.17. The van der Waals surface area contributed by atoms with Gasteiger partial charge in [-0.3, -0.25) is 9.48 Å². The van der Waals surface area contributed by atoms with Crippen LogP contribution in [-0.4, -0.2) is 56.7 Å². The van der Waals surface area contributed by atoms with E-state index in [1.54, 1.807) is 17.1 Å². The van der Waals surface area contributed by atoms with E-state index in [4.69, 9.17) is 0 Å². The zero-order valence-electron chi connectivity index (χ0n) is 14.5. The van der Waals surface area contributed by atoms with Crippen molar-refractivity contribution in [2.75, 3.05) is 26.2 Å². The predicted octanol–water partition coefficient (Wildman–Crippen LogP) is 1.44. The second-order valence-electron chi connectivity index (χ2n) is 6.45. The van der Waals surface area contributed by atoms with Gasteiger partial charge >= 0.3 is 0 Å². The molecule has 0 bridgehead atoms. The van der Waals surface area contributed by atoms with Crippen LogP contribution >= 0.6 is 0 Å². The highest BCUT2D eigenvalue weighted by Gasteiger charge is 2.19. The fourth-order valence-corrected chi connectivity index (χ4v) is 2.91. The summed E-state index contributed by atoms with van der Waals surface area (Å²) >= 11 is 0. The van der Waals surface area contributed by atoms with Crippen LogP contribution in [0.4, 0.5) is 0 Å². The van der Waals surface area contributed by atoms with Crippen LogP contribution < -0.4 is 5.32 Å². The quantitative estimate of drug-likeness (QED) is 0.922. The molecule has 1 aliphatic rings. The first-order valence-corrected chi connectivity index (χ1v) is 8.42. The lowest BCUT2D eigenvalue weighted by Gasteiger charge is -2.19. The van der Waals surface area contributed by atoms with Crippen LogP contribution in [0.1, 0.15) is 42.2 Å². The highest BCUT2D eigenvalue weighted by atomic mass is 16.2. The summed E-state index contributed by atoms with van der Waals surface area (Å²) in [5.41, 5.74) is 2.43. The first-order valence-electron chi connectivity index (χ1n) is 8.42. The number of hydrogen-bond donors (Lipinski definition) is 1. The van der Waals surface area contributed by atoms with E-state index >= 15 is 0 Å². The number of rotatable bonds is 3. The number of carbonyl (C=O) groups excluding carboxylic acids is 1. The monoisotopic (exact) mass is 328 g/mol. The molecule has 0 spiro atoms. The van der Waals surface area contributed by atoms with Gasteiger partial charge < -0.3 is 10.2 Å². The van der Waals surface area contributed by atoms with Crippen molar-refractivity contribution in [3.63, 3.8) is 0 Å². The molecular formula is C17H24N6O. The van der Waals surface area contributed by atoms with Crippen LogP contribution in [0.2, 0.25) is 0 Å². The topological polar surface area (TPSA) is 75.9 Å². The van der Waals surface area contributed by atoms with E-state index < -0.39 is 0 Å². The molecule has 0 atom stereocenters. The summed E-state index contributed by atoms with van der Waals surface area (Å²) in [5.74, 6) is 0.900. The Bertz CT molecular complexity index is 698. The standard InChI is InChI=1S/C17H24N6O/c1-12(2)15-14(11-22(3)21-15)16-19-9-13(10-20-16)17(24)23-7-4-5-18-6-8-23/h9-12,18H,4-8H2,1-3H3. The molecule has 24 heavy (non-hydrogen) atoms. The van der Waals surface area contributed by atoms with Gasteiger partial charge in [0.2, 0.25) is 0 Å². The van der Waals surface area contributed by atoms with E-state index in [1.165, 1.54) is 0 Å². The Balaban J connectivity index is 1.81. The Labute approximate surface area is 142 Å². The van der Waals surface area contributed by atoms with Crippen LogP contribution in [0, 0.1) is 0 Å². The number of carbonyl (C=O) groups is 1. The normalized spacial score (nSPS) is 15.6. The van der Waals surface area contributed by atoms with Crippen LogP contribution in [0.5, 0.6) is 0 Å². The van der Waals surface area contributed by atoms with Gasteiger partial charge in [-0.25, -0.2) is 9.97 Å². The van der Waals surface area contributed by atoms with Gasteiger partial charge in [0.15, 0.2) is 5.82 Å². The summed E-state index contributed by atoms with van der Waals surface area (Å²) in [7, 11) is 1.89. The molecule has 128 valence electrons. The first kappa shape index (κ1) is 16.6. The summed E-state index contributed by atoms with van der Waals surface area (Å²) in [5, 5.41) is 7.78. The molecule has 2 aromatic rings. The van der Waals surface area contributed by atoms with Crippen LogP contribution in [-0.2, 0) is 7.05 Å².